The number of aliphatic hydroxyl groups is 6. The van der Waals surface area contributed by atoms with Gasteiger partial charge in [0.05, 0.1) is 43.3 Å². The van der Waals surface area contributed by atoms with Crippen molar-refractivity contribution in [3.63, 3.8) is 0 Å². The second-order valence-corrected chi connectivity index (χ2v) is 9.24. The summed E-state index contributed by atoms with van der Waals surface area (Å²) in [6.07, 6.45) is -6.47. The van der Waals surface area contributed by atoms with Crippen molar-refractivity contribution in [2.24, 2.45) is 17.8 Å². The van der Waals surface area contributed by atoms with Crippen LogP contribution in [0.3, 0.4) is 0 Å². The van der Waals surface area contributed by atoms with E-state index in [1.165, 1.54) is 0 Å². The highest BCUT2D eigenvalue weighted by molar-refractivity contribution is 5.85. The van der Waals surface area contributed by atoms with Crippen LogP contribution in [0.4, 0.5) is 13.2 Å². The van der Waals surface area contributed by atoms with E-state index in [-0.39, 0.29) is 12.4 Å². The van der Waals surface area contributed by atoms with E-state index in [2.05, 4.69) is 16.0 Å². The van der Waals surface area contributed by atoms with Crippen LogP contribution in [0.5, 0.6) is 0 Å². The van der Waals surface area contributed by atoms with Gasteiger partial charge in [0, 0.05) is 57.0 Å². The summed E-state index contributed by atoms with van der Waals surface area (Å²) in [4.78, 5) is 0. The summed E-state index contributed by atoms with van der Waals surface area (Å²) in [5.41, 5.74) is 0. The highest BCUT2D eigenvalue weighted by Gasteiger charge is 2.36. The molecule has 3 fully saturated rings. The zero-order chi connectivity index (χ0) is 25.8. The van der Waals surface area contributed by atoms with E-state index in [1.807, 2.05) is 0 Å². The number of aliphatic hydroxyl groups excluding tert-OH is 6. The average Bonchev–Trinajstić information content (AvgIpc) is 2.84. The summed E-state index contributed by atoms with van der Waals surface area (Å²) in [5, 5.41) is 63.9. The van der Waals surface area contributed by atoms with Crippen molar-refractivity contribution in [2.75, 3.05) is 45.9 Å². The van der Waals surface area contributed by atoms with Crippen molar-refractivity contribution < 1.29 is 43.8 Å². The lowest BCUT2D eigenvalue weighted by Gasteiger charge is -2.34. The zero-order valence-corrected chi connectivity index (χ0v) is 21.3. The van der Waals surface area contributed by atoms with Gasteiger partial charge in [-0.2, -0.15) is 0 Å². The molecule has 0 aromatic heterocycles. The van der Waals surface area contributed by atoms with Crippen molar-refractivity contribution in [1.82, 2.24) is 16.0 Å². The maximum Gasteiger partial charge on any atom is 0.106 e. The largest absolute Gasteiger partial charge is 0.390 e. The lowest BCUT2D eigenvalue weighted by atomic mass is 9.89. The number of hydrogen-bond donors (Lipinski definition) is 9. The van der Waals surface area contributed by atoms with Crippen LogP contribution in [0.15, 0.2) is 0 Å². The molecule has 9 nitrogen and oxygen atoms in total. The van der Waals surface area contributed by atoms with Gasteiger partial charge in [0.15, 0.2) is 0 Å². The Kier molecular flexibility index (Phi) is 17.9. The number of rotatable bonds is 5. The Hall–Kier alpha value is -0.280. The molecule has 35 heavy (non-hydrogen) atoms. The Labute approximate surface area is 211 Å². The van der Waals surface area contributed by atoms with Gasteiger partial charge in [0.2, 0.25) is 0 Å². The minimum atomic E-state index is -1.03. The summed E-state index contributed by atoms with van der Waals surface area (Å²) in [7, 11) is 0. The van der Waals surface area contributed by atoms with Crippen LogP contribution in [0.1, 0.15) is 26.7 Å². The lowest BCUT2D eigenvalue weighted by Crippen LogP contribution is -2.53. The predicted molar refractivity (Wildman–Crippen MR) is 129 cm³/mol. The molecule has 0 aliphatic carbocycles. The fourth-order valence-corrected chi connectivity index (χ4v) is 4.26. The predicted octanol–water partition coefficient (Wildman–Crippen LogP) is -1.33. The normalized spacial score (nSPS) is 39.0. The molecule has 0 bridgehead atoms. The van der Waals surface area contributed by atoms with Crippen molar-refractivity contribution in [2.45, 2.75) is 75.7 Å². The van der Waals surface area contributed by atoms with Gasteiger partial charge in [0.25, 0.3) is 0 Å². The third-order valence-corrected chi connectivity index (χ3v) is 6.68. The second kappa shape index (κ2) is 18.1. The zero-order valence-electron chi connectivity index (χ0n) is 20.4. The first kappa shape index (κ1) is 34.7. The van der Waals surface area contributed by atoms with E-state index >= 15 is 0 Å². The highest BCUT2D eigenvalue weighted by Crippen LogP contribution is 2.21. The molecule has 0 aromatic carbocycles. The van der Waals surface area contributed by atoms with Gasteiger partial charge >= 0.3 is 0 Å². The molecule has 3 saturated heterocycles. The molecule has 11 atom stereocenters. The second-order valence-electron chi connectivity index (χ2n) is 9.24. The van der Waals surface area contributed by atoms with E-state index in [9.17, 15) is 33.6 Å². The average molecular weight is 540 g/mol. The van der Waals surface area contributed by atoms with Gasteiger partial charge in [-0.3, -0.25) is 4.39 Å². The molecular weight excluding hydrogens is 495 g/mol. The standard InChI is InChI=1S/2C8H16FNO2.C6H12FNO2.ClH/c2*1-2-6(9)5-3-10-4-7(11)8(5)12;7-1-4-2-8-3-5(9)6(4)10;/h2*5-8,10-12H,2-4H2,1H3;4-6,8-10H,1-3H2;1H/t5-,6+,7-,8-;5-,6-,7-,8-;4-,5+,6+;/m110./s1. The maximum absolute atomic E-state index is 13.1. The van der Waals surface area contributed by atoms with Crippen LogP contribution in [0.25, 0.3) is 0 Å². The molecule has 0 unspecified atom stereocenters. The maximum atomic E-state index is 13.1. The van der Waals surface area contributed by atoms with Gasteiger partial charge in [-0.1, -0.05) is 13.8 Å². The number of piperidine rings is 3. The molecule has 0 spiro atoms. The minimum absolute atomic E-state index is 0. The van der Waals surface area contributed by atoms with E-state index < -0.39 is 73.4 Å². The van der Waals surface area contributed by atoms with Gasteiger partial charge in [-0.25, -0.2) is 8.78 Å². The van der Waals surface area contributed by atoms with Gasteiger partial charge in [0.1, 0.15) is 12.3 Å². The fourth-order valence-electron chi connectivity index (χ4n) is 4.26. The van der Waals surface area contributed by atoms with Crippen LogP contribution < -0.4 is 16.0 Å². The summed E-state index contributed by atoms with van der Waals surface area (Å²) in [6, 6.07) is 0. The SMILES string of the molecule is CC[C@@H](F)[C@H]1CNC[C@@H](O)[C@@H]1O.CC[C@H](F)[C@H]1CNC[C@@H](O)[C@@H]1O.Cl.O[C@@H]1[C@@H](CF)CNC[C@H]1O. The van der Waals surface area contributed by atoms with Crippen molar-refractivity contribution >= 4 is 12.4 Å². The third kappa shape index (κ3) is 10.9. The monoisotopic (exact) mass is 539 g/mol. The molecular formula is C22H45ClF3N3O6. The van der Waals surface area contributed by atoms with Gasteiger partial charge in [-0.05, 0) is 12.8 Å². The van der Waals surface area contributed by atoms with Crippen LogP contribution in [0.2, 0.25) is 0 Å². The number of hydrogen-bond acceptors (Lipinski definition) is 9. The van der Waals surface area contributed by atoms with E-state index in [0.29, 0.717) is 52.1 Å². The molecule has 3 aliphatic rings. The summed E-state index contributed by atoms with van der Waals surface area (Å²) < 4.78 is 38.3. The van der Waals surface area contributed by atoms with Gasteiger partial charge in [-0.15, -0.1) is 12.4 Å². The lowest BCUT2D eigenvalue weighted by molar-refractivity contribution is -0.0576. The van der Waals surface area contributed by atoms with Crippen LogP contribution in [-0.4, -0.2) is 126 Å². The number of halogens is 4. The van der Waals surface area contributed by atoms with Gasteiger partial charge < -0.3 is 46.6 Å². The smallest absolute Gasteiger partial charge is 0.106 e. The summed E-state index contributed by atoms with van der Waals surface area (Å²) in [6.45, 7) is 5.32. The van der Waals surface area contributed by atoms with Crippen molar-refractivity contribution in [1.29, 1.82) is 0 Å². The fraction of sp³-hybridized carbons (Fsp3) is 1.00. The molecule has 3 heterocycles. The highest BCUT2D eigenvalue weighted by atomic mass is 35.5. The molecule has 13 heteroatoms. The van der Waals surface area contributed by atoms with Crippen molar-refractivity contribution in [3.05, 3.63) is 0 Å². The summed E-state index contributed by atoms with van der Waals surface area (Å²) in [5.74, 6) is -1.36. The number of nitrogens with one attached hydrogen (secondary N) is 3. The van der Waals surface area contributed by atoms with E-state index in [4.69, 9.17) is 10.2 Å². The Bertz CT molecular complexity index is 519. The summed E-state index contributed by atoms with van der Waals surface area (Å²) >= 11 is 0. The first-order chi connectivity index (χ1) is 16.1. The van der Waals surface area contributed by atoms with Crippen LogP contribution >= 0.6 is 12.4 Å². The molecule has 3 aliphatic heterocycles. The molecule has 0 amide bonds. The van der Waals surface area contributed by atoms with Crippen molar-refractivity contribution in [3.8, 4) is 0 Å². The third-order valence-electron chi connectivity index (χ3n) is 6.68. The number of alkyl halides is 3. The molecule has 3 rings (SSSR count). The molecule has 0 radical (unpaired) electrons. The molecule has 0 saturated carbocycles. The first-order valence-electron chi connectivity index (χ1n) is 12.1. The van der Waals surface area contributed by atoms with E-state index in [1.54, 1.807) is 13.8 Å². The van der Waals surface area contributed by atoms with Crippen LogP contribution in [-0.2, 0) is 0 Å². The Balaban J connectivity index is 0.000000491. The first-order valence-corrected chi connectivity index (χ1v) is 12.1. The topological polar surface area (TPSA) is 157 Å². The Morgan fingerprint density at radius 2 is 0.971 bits per heavy atom. The molecule has 9 N–H and O–H groups in total. The minimum Gasteiger partial charge on any atom is -0.390 e. The Morgan fingerprint density at radius 1 is 0.629 bits per heavy atom. The van der Waals surface area contributed by atoms with Crippen LogP contribution in [0, 0.1) is 17.8 Å². The Morgan fingerprint density at radius 3 is 1.29 bits per heavy atom. The quantitative estimate of drug-likeness (QED) is 0.206. The number of β-amino-alcohol motifs (C(OH)–C–C–N with tert-alkyl or cyclic N) is 3. The molecule has 212 valence electrons. The van der Waals surface area contributed by atoms with E-state index in [0.717, 1.165) is 0 Å². The molecule has 0 aromatic rings.